The van der Waals surface area contributed by atoms with Crippen molar-refractivity contribution in [1.29, 1.82) is 0 Å². The highest BCUT2D eigenvalue weighted by Crippen LogP contribution is 2.33. The average molecular weight is 1690 g/mol. The molecule has 5 fully saturated rings. The fourth-order valence-corrected chi connectivity index (χ4v) is 15.5. The Balaban J connectivity index is 0.000000132. The topological polar surface area (TPSA) is 301 Å². The molecule has 0 spiro atoms. The second-order valence-electron chi connectivity index (χ2n) is 30.3. The first-order valence-electron chi connectivity index (χ1n) is 41.9. The van der Waals surface area contributed by atoms with E-state index in [9.17, 15) is 24.0 Å². The molecular weight excluding hydrogens is 1580 g/mol. The quantitative estimate of drug-likeness (QED) is 0.0499. The van der Waals surface area contributed by atoms with Gasteiger partial charge in [-0.1, -0.05) is 135 Å². The third-order valence-electron chi connectivity index (χ3n) is 22.1. The first-order valence-corrected chi connectivity index (χ1v) is 42.7. The number of carbonyl (C=O) groups excluding carboxylic acids is 1. The summed E-state index contributed by atoms with van der Waals surface area (Å²) in [6.07, 6.45) is 6.77. The molecule has 0 saturated carbocycles. The number of aliphatic hydroxyl groups is 1. The van der Waals surface area contributed by atoms with E-state index in [1.807, 2.05) is 121 Å². The summed E-state index contributed by atoms with van der Waals surface area (Å²) < 4.78 is 4.85. The molecule has 0 atom stereocenters. The number of nitrogens with zero attached hydrogens (tertiary/aromatic N) is 17. The van der Waals surface area contributed by atoms with Gasteiger partial charge in [0, 0.05) is 221 Å². The lowest BCUT2D eigenvalue weighted by Crippen LogP contribution is -2.47. The van der Waals surface area contributed by atoms with Gasteiger partial charge in [-0.15, -0.1) is 10.2 Å². The van der Waals surface area contributed by atoms with E-state index in [-0.39, 0.29) is 35.5 Å². The summed E-state index contributed by atoms with van der Waals surface area (Å²) >= 11 is 11.9. The minimum atomic E-state index is -0.646. The van der Waals surface area contributed by atoms with Crippen LogP contribution in [-0.2, 0) is 24.2 Å². The lowest BCUT2D eigenvalue weighted by Gasteiger charge is -2.36. The molecule has 0 bridgehead atoms. The van der Waals surface area contributed by atoms with Crippen LogP contribution in [0.4, 0.5) is 58.2 Å². The van der Waals surface area contributed by atoms with Crippen LogP contribution in [0.15, 0.2) is 214 Å². The summed E-state index contributed by atoms with van der Waals surface area (Å²) in [7, 11) is 0. The van der Waals surface area contributed by atoms with Gasteiger partial charge in [0.2, 0.25) is 23.8 Å². The Morgan fingerprint density at radius 2 is 0.877 bits per heavy atom. The Morgan fingerprint density at radius 1 is 0.426 bits per heavy atom. The van der Waals surface area contributed by atoms with Gasteiger partial charge in [-0.3, -0.25) is 39.1 Å². The molecular formula is C92H107Cl2N21O7. The van der Waals surface area contributed by atoms with Crippen molar-refractivity contribution in [2.75, 3.05) is 187 Å². The van der Waals surface area contributed by atoms with Crippen LogP contribution in [0.25, 0.3) is 22.0 Å². The summed E-state index contributed by atoms with van der Waals surface area (Å²) in [6, 6.07) is 60.2. The predicted octanol–water partition coefficient (Wildman–Crippen LogP) is 12.2. The summed E-state index contributed by atoms with van der Waals surface area (Å²) in [6.45, 7) is 29.0. The number of esters is 1. The minimum Gasteiger partial charge on any atom is -0.462 e. The van der Waals surface area contributed by atoms with Gasteiger partial charge in [-0.2, -0.15) is 0 Å². The molecule has 28 nitrogen and oxygen atoms in total. The highest BCUT2D eigenvalue weighted by molar-refractivity contribution is 6.31. The molecule has 636 valence electrons. The van der Waals surface area contributed by atoms with Crippen LogP contribution >= 0.6 is 23.2 Å². The van der Waals surface area contributed by atoms with E-state index in [1.54, 1.807) is 26.0 Å². The van der Waals surface area contributed by atoms with Crippen molar-refractivity contribution in [1.82, 2.24) is 55.1 Å². The molecule has 12 aromatic rings. The number of nitrogens with one attached hydrogen (secondary N) is 4. The molecule has 6 aromatic heterocycles. The number of hydrogen-bond donors (Lipinski definition) is 5. The monoisotopic (exact) mass is 1690 g/mol. The van der Waals surface area contributed by atoms with Crippen molar-refractivity contribution in [2.24, 2.45) is 0 Å². The Kier molecular flexibility index (Phi) is 30.4. The third-order valence-corrected chi connectivity index (χ3v) is 22.6. The number of aromatic nitrogens is 11. The summed E-state index contributed by atoms with van der Waals surface area (Å²) in [5.74, 6) is 3.89. The summed E-state index contributed by atoms with van der Waals surface area (Å²) in [5, 5.41) is 22.2. The highest BCUT2D eigenvalue weighted by atomic mass is 35.5. The molecule has 5 aliphatic heterocycles. The number of pyridine rings is 1. The molecule has 0 aliphatic carbocycles. The van der Waals surface area contributed by atoms with Crippen LogP contribution < -0.4 is 71.2 Å². The zero-order valence-corrected chi connectivity index (χ0v) is 71.6. The number of anilines is 10. The van der Waals surface area contributed by atoms with Crippen molar-refractivity contribution in [3.63, 3.8) is 0 Å². The maximum absolute atomic E-state index is 12.1. The van der Waals surface area contributed by atoms with Gasteiger partial charge in [0.25, 0.3) is 22.2 Å². The van der Waals surface area contributed by atoms with Gasteiger partial charge in [0.05, 0.1) is 19.4 Å². The summed E-state index contributed by atoms with van der Waals surface area (Å²) in [4.78, 5) is 115. The Morgan fingerprint density at radius 3 is 1.35 bits per heavy atom. The maximum atomic E-state index is 12.1. The van der Waals surface area contributed by atoms with Crippen LogP contribution in [0, 0.1) is 20.8 Å². The number of aliphatic hydroxyl groups excluding tert-OH is 1. The predicted molar refractivity (Wildman–Crippen MR) is 491 cm³/mol. The minimum absolute atomic E-state index is 0.0531. The van der Waals surface area contributed by atoms with Crippen LogP contribution in [0.3, 0.4) is 0 Å². The normalized spacial score (nSPS) is 14.8. The molecule has 5 saturated heterocycles. The lowest BCUT2D eigenvalue weighted by molar-refractivity contribution is 0.0523. The van der Waals surface area contributed by atoms with Gasteiger partial charge < -0.3 is 58.8 Å². The molecule has 0 unspecified atom stereocenters. The summed E-state index contributed by atoms with van der Waals surface area (Å²) in [5.41, 5.74) is 11.4. The smallest absolute Gasteiger partial charge is 0.345 e. The molecule has 0 radical (unpaired) electrons. The van der Waals surface area contributed by atoms with Gasteiger partial charge in [-0.25, -0.2) is 29.7 Å². The number of halogens is 2. The van der Waals surface area contributed by atoms with Crippen molar-refractivity contribution in [2.45, 2.75) is 73.8 Å². The van der Waals surface area contributed by atoms with Gasteiger partial charge in [-0.05, 0) is 137 Å². The Hall–Kier alpha value is -12.7. The molecule has 11 heterocycles. The van der Waals surface area contributed by atoms with E-state index in [1.165, 1.54) is 28.8 Å². The average Bonchev–Trinajstić information content (AvgIpc) is 0.768. The zero-order chi connectivity index (χ0) is 85.4. The number of piperazine rings is 5. The molecule has 6 aromatic carbocycles. The van der Waals surface area contributed by atoms with E-state index in [4.69, 9.17) is 33.0 Å². The second-order valence-corrected chi connectivity index (χ2v) is 31.2. The first-order chi connectivity index (χ1) is 59.4. The number of aryl methyl sites for hydroxylation is 4. The van der Waals surface area contributed by atoms with Crippen molar-refractivity contribution >= 4 is 98.1 Å². The van der Waals surface area contributed by atoms with Crippen LogP contribution in [0.1, 0.15) is 77.7 Å². The Bertz CT molecular complexity index is 5630. The molecule has 30 heteroatoms. The van der Waals surface area contributed by atoms with E-state index < -0.39 is 11.5 Å². The first kappa shape index (κ1) is 87.2. The molecule has 5 N–H and O–H groups in total. The van der Waals surface area contributed by atoms with Gasteiger partial charge >= 0.3 is 5.97 Å². The van der Waals surface area contributed by atoms with Crippen LogP contribution in [0.5, 0.6) is 0 Å². The number of hydrogen-bond acceptors (Lipinski definition) is 24. The van der Waals surface area contributed by atoms with Crippen molar-refractivity contribution < 1.29 is 14.6 Å². The zero-order valence-electron chi connectivity index (χ0n) is 70.1. The molecule has 17 rings (SSSR count). The number of rotatable bonds is 18. The number of H-pyrrole nitrogens is 4. The number of aromatic amines is 4. The van der Waals surface area contributed by atoms with Crippen LogP contribution in [0.2, 0.25) is 10.0 Å². The van der Waals surface area contributed by atoms with Crippen LogP contribution in [-0.4, -0.2) is 204 Å². The van der Waals surface area contributed by atoms with E-state index >= 15 is 0 Å². The third kappa shape index (κ3) is 23.1. The number of fused-ring (bicyclic) bond motifs is 1. The molecule has 0 amide bonds. The molecule has 122 heavy (non-hydrogen) atoms. The van der Waals surface area contributed by atoms with Crippen molar-refractivity contribution in [3.05, 3.63) is 285 Å². The van der Waals surface area contributed by atoms with E-state index in [0.717, 1.165) is 229 Å². The highest BCUT2D eigenvalue weighted by Gasteiger charge is 2.27. The van der Waals surface area contributed by atoms with Gasteiger partial charge in [0.1, 0.15) is 17.1 Å². The van der Waals surface area contributed by atoms with Crippen molar-refractivity contribution in [3.8, 4) is 11.3 Å². The largest absolute Gasteiger partial charge is 0.462 e. The number of carbonyl (C=O) groups is 1. The number of ether oxygens (including phenoxy) is 1. The SMILES string of the molecule is CCCc1cc(=O)[nH]c(N2CCN(c3ccc(CO)cc3)CC2)n1.CCCc1cc(=O)[nH]c(N2CCN(c3ccc(Cl)cc3)CC2)n1.CCOC(=O)c1cnc(N2CCN(c3cccc(C)c3)CC2)[nH]c1=O.Cc1nc(N2CCN(c3ccc(Cl)cc3)CC2)[nH]c(=O)c1C.c1ccc(-c2nnc(N3CCN(c4ccccn4)CC3)c3ccccc23)cc1. The maximum Gasteiger partial charge on any atom is 0.345 e. The van der Waals surface area contributed by atoms with E-state index in [2.05, 4.69) is 187 Å². The standard InChI is InChI=1S/C23H21N5.C18H22N4O3.C18H24N4O2.C17H21ClN4O.C16H19ClN4O/c1-2-8-18(9-3-1)22-19-10-4-5-11-20(19)23(26-25-22)28-16-14-27(15-17-28)21-12-6-7-13-24-21;1-3-25-17(24)15-12-19-18(20-16(15)23)22-9-7-21(8-10-22)14-6-4-5-13(2)11-14;1-2-3-15-12-17(24)20-18(19-15)22-10-8-21(9-11-22)16-6-4-14(13-23)5-7-16;1-2-3-14-12-16(23)20-17(19-14)22-10-8-21(9-11-22)15-6-4-13(18)5-7-15;1-11-12(2)18-16(19-15(11)22)21-9-7-20(8-10-21)14-5-3-13(17)4-6-14/h1-13H,14-17H2;4-6,11-12H,3,7-10H2,1-2H3,(H,19,20,23);4-7,12,23H,2-3,8-11,13H2,1H3,(H,19,20,24);4-7,12H,2-3,8-11H2,1H3,(H,19,20,23);3-6H,7-10H2,1-2H3,(H,18,19,22). The lowest BCUT2D eigenvalue weighted by atomic mass is 10.0. The fourth-order valence-electron chi connectivity index (χ4n) is 15.2. The molecule has 5 aliphatic rings. The Labute approximate surface area is 720 Å². The van der Waals surface area contributed by atoms with Gasteiger partial charge in [0.15, 0.2) is 5.82 Å². The fraction of sp³-hybridized carbons (Fsp3) is 0.348. The second kappa shape index (κ2) is 42.5. The number of benzene rings is 6. The van der Waals surface area contributed by atoms with E-state index in [0.29, 0.717) is 29.4 Å².